The average molecular weight is 244 g/mol. The first-order valence-corrected chi connectivity index (χ1v) is 5.41. The van der Waals surface area contributed by atoms with Gasteiger partial charge in [0.05, 0.1) is 0 Å². The highest BCUT2D eigenvalue weighted by Gasteiger charge is 2.03. The number of pyridine rings is 1. The van der Waals surface area contributed by atoms with Crippen LogP contribution in [0.3, 0.4) is 0 Å². The molecule has 1 aromatic heterocycles. The standard InChI is InChI=1S/C13H12N2O3/c16-12-8-4-5-9-15(12)14-13(17)18-10-11-6-2-1-3-7-11/h1-9H,10H2,(H,14,17). The lowest BCUT2D eigenvalue weighted by molar-refractivity contribution is 0.151. The zero-order valence-corrected chi connectivity index (χ0v) is 9.58. The van der Waals surface area contributed by atoms with Crippen molar-refractivity contribution >= 4 is 6.09 Å². The fourth-order valence-corrected chi connectivity index (χ4v) is 1.37. The van der Waals surface area contributed by atoms with E-state index in [2.05, 4.69) is 5.43 Å². The first kappa shape index (κ1) is 11.9. The van der Waals surface area contributed by atoms with Gasteiger partial charge in [0.15, 0.2) is 0 Å². The van der Waals surface area contributed by atoms with Gasteiger partial charge in [-0.2, -0.15) is 0 Å². The number of nitrogens with one attached hydrogen (secondary N) is 1. The van der Waals surface area contributed by atoms with E-state index in [1.807, 2.05) is 30.3 Å². The summed E-state index contributed by atoms with van der Waals surface area (Å²) in [5, 5.41) is 0. The Morgan fingerprint density at radius 1 is 1.11 bits per heavy atom. The van der Waals surface area contributed by atoms with E-state index in [0.29, 0.717) is 0 Å². The van der Waals surface area contributed by atoms with Crippen LogP contribution in [0.2, 0.25) is 0 Å². The quantitative estimate of drug-likeness (QED) is 0.894. The smallest absolute Gasteiger partial charge is 0.426 e. The number of carbonyl (C=O) groups excluding carboxylic acids is 1. The van der Waals surface area contributed by atoms with Crippen LogP contribution in [-0.2, 0) is 11.3 Å². The number of nitrogens with zero attached hydrogens (tertiary/aromatic N) is 1. The van der Waals surface area contributed by atoms with Crippen LogP contribution in [-0.4, -0.2) is 10.8 Å². The molecule has 1 heterocycles. The molecule has 0 saturated carbocycles. The molecule has 0 spiro atoms. The lowest BCUT2D eigenvalue weighted by Gasteiger charge is -2.08. The molecule has 0 aliphatic rings. The minimum Gasteiger partial charge on any atom is -0.443 e. The van der Waals surface area contributed by atoms with Crippen LogP contribution >= 0.6 is 0 Å². The van der Waals surface area contributed by atoms with Gasteiger partial charge in [0.2, 0.25) is 0 Å². The van der Waals surface area contributed by atoms with Gasteiger partial charge in [0, 0.05) is 12.3 Å². The summed E-state index contributed by atoms with van der Waals surface area (Å²) in [5.74, 6) is 0. The van der Waals surface area contributed by atoms with Crippen molar-refractivity contribution < 1.29 is 9.53 Å². The van der Waals surface area contributed by atoms with Gasteiger partial charge in [0.25, 0.3) is 5.56 Å². The Hall–Kier alpha value is -2.56. The molecule has 5 heteroatoms. The topological polar surface area (TPSA) is 60.3 Å². The van der Waals surface area contributed by atoms with Crippen molar-refractivity contribution in [1.29, 1.82) is 0 Å². The Labute approximate surface area is 104 Å². The number of amides is 1. The molecular formula is C13H12N2O3. The van der Waals surface area contributed by atoms with Crippen LogP contribution in [0.25, 0.3) is 0 Å². The number of carbonyl (C=O) groups is 1. The third-order valence-electron chi connectivity index (χ3n) is 2.25. The lowest BCUT2D eigenvalue weighted by Crippen LogP contribution is -2.32. The van der Waals surface area contributed by atoms with Crippen molar-refractivity contribution in [3.63, 3.8) is 0 Å². The van der Waals surface area contributed by atoms with Gasteiger partial charge in [-0.25, -0.2) is 14.9 Å². The molecule has 1 N–H and O–H groups in total. The zero-order valence-electron chi connectivity index (χ0n) is 9.58. The molecule has 1 amide bonds. The molecule has 92 valence electrons. The average Bonchev–Trinajstić information content (AvgIpc) is 2.40. The Bertz CT molecular complexity index is 578. The van der Waals surface area contributed by atoms with E-state index >= 15 is 0 Å². The molecule has 0 fully saturated rings. The molecular weight excluding hydrogens is 232 g/mol. The number of hydrogen-bond acceptors (Lipinski definition) is 3. The van der Waals surface area contributed by atoms with E-state index in [4.69, 9.17) is 4.74 Å². The Balaban J connectivity index is 1.90. The van der Waals surface area contributed by atoms with Crippen LogP contribution in [0.1, 0.15) is 5.56 Å². The normalized spacial score (nSPS) is 9.78. The SMILES string of the molecule is O=C(Nn1ccccc1=O)OCc1ccccc1. The lowest BCUT2D eigenvalue weighted by atomic mass is 10.2. The van der Waals surface area contributed by atoms with Crippen molar-refractivity contribution in [3.05, 3.63) is 70.6 Å². The fraction of sp³-hybridized carbons (Fsp3) is 0.0769. The maximum Gasteiger partial charge on any atom is 0.426 e. The molecule has 0 unspecified atom stereocenters. The van der Waals surface area contributed by atoms with Gasteiger partial charge < -0.3 is 4.74 Å². The van der Waals surface area contributed by atoms with Crippen LogP contribution in [0.4, 0.5) is 4.79 Å². The predicted octanol–water partition coefficient (Wildman–Crippen LogP) is 1.73. The number of rotatable bonds is 3. The Morgan fingerprint density at radius 2 is 1.83 bits per heavy atom. The van der Waals surface area contributed by atoms with Crippen molar-refractivity contribution in [2.24, 2.45) is 0 Å². The van der Waals surface area contributed by atoms with Gasteiger partial charge >= 0.3 is 6.09 Å². The first-order valence-electron chi connectivity index (χ1n) is 5.41. The van der Waals surface area contributed by atoms with Crippen molar-refractivity contribution in [2.45, 2.75) is 6.61 Å². The summed E-state index contributed by atoms with van der Waals surface area (Å²) in [5.41, 5.74) is 2.88. The summed E-state index contributed by atoms with van der Waals surface area (Å²) in [6.07, 6.45) is 0.777. The number of ether oxygens (including phenoxy) is 1. The van der Waals surface area contributed by atoms with Crippen molar-refractivity contribution in [3.8, 4) is 0 Å². The molecule has 2 rings (SSSR count). The van der Waals surface area contributed by atoms with E-state index < -0.39 is 6.09 Å². The first-order chi connectivity index (χ1) is 8.75. The second-order valence-corrected chi connectivity index (χ2v) is 3.58. The van der Waals surface area contributed by atoms with E-state index in [9.17, 15) is 9.59 Å². The van der Waals surface area contributed by atoms with Crippen molar-refractivity contribution in [2.75, 3.05) is 5.43 Å². The van der Waals surface area contributed by atoms with Crippen LogP contribution < -0.4 is 11.0 Å². The zero-order chi connectivity index (χ0) is 12.8. The molecule has 5 nitrogen and oxygen atoms in total. The second kappa shape index (κ2) is 5.67. The summed E-state index contributed by atoms with van der Waals surface area (Å²) in [6.45, 7) is 0.161. The summed E-state index contributed by atoms with van der Waals surface area (Å²) >= 11 is 0. The highest BCUT2D eigenvalue weighted by atomic mass is 16.6. The molecule has 0 aliphatic heterocycles. The summed E-state index contributed by atoms with van der Waals surface area (Å²) < 4.78 is 6.04. The van der Waals surface area contributed by atoms with E-state index in [0.717, 1.165) is 10.2 Å². The second-order valence-electron chi connectivity index (χ2n) is 3.58. The fourth-order valence-electron chi connectivity index (χ4n) is 1.37. The molecule has 0 atom stereocenters. The van der Waals surface area contributed by atoms with Gasteiger partial charge in [-0.3, -0.25) is 4.79 Å². The molecule has 2 aromatic rings. The van der Waals surface area contributed by atoms with E-state index in [1.165, 1.54) is 12.3 Å². The Kier molecular flexibility index (Phi) is 3.76. The molecule has 0 aliphatic carbocycles. The van der Waals surface area contributed by atoms with Crippen LogP contribution in [0.5, 0.6) is 0 Å². The summed E-state index contributed by atoms with van der Waals surface area (Å²) in [6, 6.07) is 13.9. The molecule has 18 heavy (non-hydrogen) atoms. The molecule has 0 radical (unpaired) electrons. The van der Waals surface area contributed by atoms with Gasteiger partial charge in [-0.1, -0.05) is 36.4 Å². The van der Waals surface area contributed by atoms with Gasteiger partial charge in [-0.15, -0.1) is 0 Å². The predicted molar refractivity (Wildman–Crippen MR) is 66.7 cm³/mol. The van der Waals surface area contributed by atoms with Crippen molar-refractivity contribution in [1.82, 2.24) is 4.68 Å². The third kappa shape index (κ3) is 3.21. The maximum absolute atomic E-state index is 11.4. The number of aromatic nitrogens is 1. The minimum atomic E-state index is -0.674. The van der Waals surface area contributed by atoms with Gasteiger partial charge in [0.1, 0.15) is 6.61 Å². The number of hydrogen-bond donors (Lipinski definition) is 1. The molecule has 0 saturated heterocycles. The largest absolute Gasteiger partial charge is 0.443 e. The van der Waals surface area contributed by atoms with Gasteiger partial charge in [-0.05, 0) is 11.6 Å². The maximum atomic E-state index is 11.4. The summed E-state index contributed by atoms with van der Waals surface area (Å²) in [4.78, 5) is 22.8. The highest BCUT2D eigenvalue weighted by Crippen LogP contribution is 2.00. The molecule has 1 aromatic carbocycles. The van der Waals surface area contributed by atoms with Crippen LogP contribution in [0.15, 0.2) is 59.5 Å². The summed E-state index contributed by atoms with van der Waals surface area (Å²) in [7, 11) is 0. The van der Waals surface area contributed by atoms with Crippen LogP contribution in [0, 0.1) is 0 Å². The number of benzene rings is 1. The van der Waals surface area contributed by atoms with E-state index in [-0.39, 0.29) is 12.2 Å². The Morgan fingerprint density at radius 3 is 2.56 bits per heavy atom. The molecule has 0 bridgehead atoms. The van der Waals surface area contributed by atoms with E-state index in [1.54, 1.807) is 12.1 Å². The minimum absolute atomic E-state index is 0.161. The monoisotopic (exact) mass is 244 g/mol. The third-order valence-corrected chi connectivity index (χ3v) is 2.25. The highest BCUT2D eigenvalue weighted by molar-refractivity contribution is 5.75.